The number of anilines is 2. The van der Waals surface area contributed by atoms with Gasteiger partial charge in [0, 0.05) is 32.4 Å². The van der Waals surface area contributed by atoms with Gasteiger partial charge in [0.1, 0.15) is 11.5 Å². The van der Waals surface area contributed by atoms with Crippen molar-refractivity contribution >= 4 is 70.1 Å². The van der Waals surface area contributed by atoms with Crippen LogP contribution in [-0.2, 0) is 9.59 Å². The van der Waals surface area contributed by atoms with Crippen LogP contribution < -0.4 is 16.0 Å². The molecule has 208 valence electrons. The lowest BCUT2D eigenvalue weighted by Gasteiger charge is -2.12. The molecule has 4 aromatic rings. The summed E-state index contributed by atoms with van der Waals surface area (Å²) in [5, 5.41) is 8.77. The summed E-state index contributed by atoms with van der Waals surface area (Å²) in [5.74, 6) is -1.89. The van der Waals surface area contributed by atoms with Gasteiger partial charge in [0.25, 0.3) is 11.8 Å². The van der Waals surface area contributed by atoms with E-state index in [1.54, 1.807) is 72.8 Å². The third-order valence-corrected chi connectivity index (χ3v) is 7.59. The average molecular weight is 609 g/mol. The van der Waals surface area contributed by atoms with Gasteiger partial charge in [-0.15, -0.1) is 11.8 Å². The molecule has 0 aliphatic carbocycles. The van der Waals surface area contributed by atoms with Crippen molar-refractivity contribution in [2.24, 2.45) is 0 Å². The SMILES string of the molecule is Cc1c(Cl)cccc1NC(=O)CSc1ccc(NC(=O)/C(=C/c2c(F)cccc2Cl)NC(=O)c2ccccc2)cc1. The molecular weight excluding hydrogens is 584 g/mol. The lowest BCUT2D eigenvalue weighted by Crippen LogP contribution is -2.30. The second kappa shape index (κ2) is 14.0. The van der Waals surface area contributed by atoms with E-state index in [4.69, 9.17) is 23.2 Å². The van der Waals surface area contributed by atoms with Crippen LogP contribution in [0.3, 0.4) is 0 Å². The molecule has 0 spiro atoms. The standard InChI is InChI=1S/C31H24Cl2FN3O3S/c1-19-24(32)9-6-12-27(19)36-29(38)18-41-22-15-13-21(14-16-22)35-31(40)28(17-23-25(33)10-5-11-26(23)34)37-30(39)20-7-3-2-4-8-20/h2-17H,18H2,1H3,(H,35,40)(H,36,38)(H,37,39)/b28-17-. The number of hydrogen-bond acceptors (Lipinski definition) is 4. The number of halogens is 3. The van der Waals surface area contributed by atoms with Gasteiger partial charge in [0.2, 0.25) is 5.91 Å². The molecule has 4 aromatic carbocycles. The Morgan fingerprint density at radius 1 is 0.829 bits per heavy atom. The van der Waals surface area contributed by atoms with Crippen molar-refractivity contribution in [1.82, 2.24) is 5.32 Å². The van der Waals surface area contributed by atoms with Crippen LogP contribution in [0.2, 0.25) is 10.0 Å². The van der Waals surface area contributed by atoms with Crippen LogP contribution in [0.25, 0.3) is 6.08 Å². The maximum absolute atomic E-state index is 14.5. The number of rotatable bonds is 9. The van der Waals surface area contributed by atoms with Gasteiger partial charge in [-0.3, -0.25) is 14.4 Å². The van der Waals surface area contributed by atoms with Crippen molar-refractivity contribution in [2.45, 2.75) is 11.8 Å². The minimum Gasteiger partial charge on any atom is -0.325 e. The maximum Gasteiger partial charge on any atom is 0.272 e. The van der Waals surface area contributed by atoms with Crippen LogP contribution in [-0.4, -0.2) is 23.5 Å². The molecule has 0 bridgehead atoms. The molecule has 0 aliphatic rings. The highest BCUT2D eigenvalue weighted by atomic mass is 35.5. The number of thioether (sulfide) groups is 1. The van der Waals surface area contributed by atoms with E-state index in [1.807, 2.05) is 6.92 Å². The Balaban J connectivity index is 1.44. The van der Waals surface area contributed by atoms with Crippen LogP contribution in [0.5, 0.6) is 0 Å². The number of nitrogens with one attached hydrogen (secondary N) is 3. The molecule has 0 unspecified atom stereocenters. The molecule has 0 atom stereocenters. The lowest BCUT2D eigenvalue weighted by molar-refractivity contribution is -0.114. The first-order chi connectivity index (χ1) is 19.7. The molecular formula is C31H24Cl2FN3O3S. The van der Waals surface area contributed by atoms with E-state index < -0.39 is 17.6 Å². The first-order valence-electron chi connectivity index (χ1n) is 12.3. The molecule has 4 rings (SSSR count). The van der Waals surface area contributed by atoms with Gasteiger partial charge < -0.3 is 16.0 Å². The third-order valence-electron chi connectivity index (χ3n) is 5.84. The fourth-order valence-electron chi connectivity index (χ4n) is 3.65. The van der Waals surface area contributed by atoms with Crippen LogP contribution in [0.1, 0.15) is 21.5 Å². The summed E-state index contributed by atoms with van der Waals surface area (Å²) < 4.78 is 14.5. The molecule has 3 amide bonds. The molecule has 10 heteroatoms. The van der Waals surface area contributed by atoms with Crippen molar-refractivity contribution < 1.29 is 18.8 Å². The fourth-order valence-corrected chi connectivity index (χ4v) is 4.74. The van der Waals surface area contributed by atoms with Gasteiger partial charge in [0.15, 0.2) is 0 Å². The summed E-state index contributed by atoms with van der Waals surface area (Å²) in [5.41, 5.74) is 1.96. The van der Waals surface area contributed by atoms with Crippen molar-refractivity contribution in [3.05, 3.63) is 129 Å². The average Bonchev–Trinajstić information content (AvgIpc) is 2.97. The molecule has 0 fully saturated rings. The number of carbonyl (C=O) groups is 3. The first kappa shape index (κ1) is 29.9. The summed E-state index contributed by atoms with van der Waals surface area (Å²) in [7, 11) is 0. The summed E-state index contributed by atoms with van der Waals surface area (Å²) in [6.07, 6.45) is 1.19. The predicted octanol–water partition coefficient (Wildman–Crippen LogP) is 7.58. The topological polar surface area (TPSA) is 87.3 Å². The molecule has 0 aliphatic heterocycles. The Kier molecular flexibility index (Phi) is 10.2. The zero-order valence-corrected chi connectivity index (χ0v) is 24.0. The third kappa shape index (κ3) is 8.20. The normalized spacial score (nSPS) is 11.1. The quantitative estimate of drug-likeness (QED) is 0.135. The maximum atomic E-state index is 14.5. The fraction of sp³-hybridized carbons (Fsp3) is 0.0645. The molecule has 0 radical (unpaired) electrons. The second-order valence-corrected chi connectivity index (χ2v) is 10.6. The highest BCUT2D eigenvalue weighted by molar-refractivity contribution is 8.00. The first-order valence-corrected chi connectivity index (χ1v) is 14.1. The largest absolute Gasteiger partial charge is 0.325 e. The van der Waals surface area contributed by atoms with Gasteiger partial charge >= 0.3 is 0 Å². The Bertz CT molecular complexity index is 1590. The van der Waals surface area contributed by atoms with Crippen molar-refractivity contribution in [3.8, 4) is 0 Å². The van der Waals surface area contributed by atoms with E-state index >= 15 is 0 Å². The van der Waals surface area contributed by atoms with Crippen LogP contribution in [0.15, 0.2) is 102 Å². The van der Waals surface area contributed by atoms with Gasteiger partial charge in [-0.1, -0.05) is 53.5 Å². The predicted molar refractivity (Wildman–Crippen MR) is 164 cm³/mol. The number of carbonyl (C=O) groups excluding carboxylic acids is 3. The van der Waals surface area contributed by atoms with E-state index in [0.29, 0.717) is 22.0 Å². The Hall–Kier alpha value is -4.11. The highest BCUT2D eigenvalue weighted by Crippen LogP contribution is 2.25. The number of benzene rings is 4. The Labute approximate surface area is 250 Å². The Morgan fingerprint density at radius 2 is 1.51 bits per heavy atom. The zero-order valence-electron chi connectivity index (χ0n) is 21.7. The number of amides is 3. The number of hydrogen-bond donors (Lipinski definition) is 3. The summed E-state index contributed by atoms with van der Waals surface area (Å²) in [4.78, 5) is 39.2. The zero-order chi connectivity index (χ0) is 29.4. The van der Waals surface area contributed by atoms with E-state index in [9.17, 15) is 18.8 Å². The van der Waals surface area contributed by atoms with Gasteiger partial charge in [-0.2, -0.15) is 0 Å². The van der Waals surface area contributed by atoms with Crippen LogP contribution in [0, 0.1) is 12.7 Å². The van der Waals surface area contributed by atoms with Crippen LogP contribution in [0.4, 0.5) is 15.8 Å². The molecule has 0 heterocycles. The van der Waals surface area contributed by atoms with E-state index in [1.165, 1.54) is 36.0 Å². The second-order valence-electron chi connectivity index (χ2n) is 8.74. The van der Waals surface area contributed by atoms with Crippen LogP contribution >= 0.6 is 35.0 Å². The van der Waals surface area contributed by atoms with E-state index in [-0.39, 0.29) is 27.9 Å². The minimum absolute atomic E-state index is 0.0364. The summed E-state index contributed by atoms with van der Waals surface area (Å²) in [6, 6.07) is 24.6. The molecule has 6 nitrogen and oxygen atoms in total. The molecule has 3 N–H and O–H groups in total. The highest BCUT2D eigenvalue weighted by Gasteiger charge is 2.17. The summed E-state index contributed by atoms with van der Waals surface area (Å²) >= 11 is 13.6. The molecule has 0 aromatic heterocycles. The Morgan fingerprint density at radius 3 is 2.22 bits per heavy atom. The molecule has 0 saturated heterocycles. The van der Waals surface area contributed by atoms with Gasteiger partial charge in [0.05, 0.1) is 10.8 Å². The van der Waals surface area contributed by atoms with Crippen molar-refractivity contribution in [3.63, 3.8) is 0 Å². The van der Waals surface area contributed by atoms with Gasteiger partial charge in [-0.05, 0) is 79.2 Å². The lowest BCUT2D eigenvalue weighted by atomic mass is 10.1. The summed E-state index contributed by atoms with van der Waals surface area (Å²) in [6.45, 7) is 1.83. The smallest absolute Gasteiger partial charge is 0.272 e. The molecule has 0 saturated carbocycles. The molecule has 41 heavy (non-hydrogen) atoms. The van der Waals surface area contributed by atoms with Gasteiger partial charge in [-0.25, -0.2) is 4.39 Å². The monoisotopic (exact) mass is 607 g/mol. The van der Waals surface area contributed by atoms with E-state index in [0.717, 1.165) is 10.5 Å². The van der Waals surface area contributed by atoms with E-state index in [2.05, 4.69) is 16.0 Å². The van der Waals surface area contributed by atoms with Crippen molar-refractivity contribution in [1.29, 1.82) is 0 Å². The minimum atomic E-state index is -0.676. The van der Waals surface area contributed by atoms with Crippen molar-refractivity contribution in [2.75, 3.05) is 16.4 Å².